The molecule has 1 N–H and O–H groups in total. The molecule has 0 radical (unpaired) electrons. The number of carbonyl (C=O) groups is 1. The van der Waals surface area contributed by atoms with Crippen LogP contribution in [0.1, 0.15) is 52.1 Å². The summed E-state index contributed by atoms with van der Waals surface area (Å²) in [6.45, 7) is 6.19. The summed E-state index contributed by atoms with van der Waals surface area (Å²) in [5, 5.41) is 14.9. The van der Waals surface area contributed by atoms with Crippen LogP contribution in [0.2, 0.25) is 0 Å². The number of hydrogen-bond acceptors (Lipinski definition) is 8. The fourth-order valence-electron chi connectivity index (χ4n) is 5.38. The zero-order chi connectivity index (χ0) is 29.6. The SMILES string of the molecule is Cn1nc(C(F)(F)F)cc1Oc1cnn(C(C)(C(=O)Nc2ccn(C[C@@H]3COC(C)(C)O3)n2)C2CCCC2)c(=O)c1. The zero-order valence-corrected chi connectivity index (χ0v) is 23.1. The molecule has 2 fully saturated rings. The van der Waals surface area contributed by atoms with Gasteiger partial charge in [-0.1, -0.05) is 12.8 Å². The van der Waals surface area contributed by atoms with E-state index in [9.17, 15) is 22.8 Å². The second kappa shape index (κ2) is 10.6. The minimum atomic E-state index is -4.65. The zero-order valence-electron chi connectivity index (χ0n) is 23.1. The summed E-state index contributed by atoms with van der Waals surface area (Å²) in [5.41, 5.74) is -3.13. The van der Waals surface area contributed by atoms with Gasteiger partial charge in [0.15, 0.2) is 23.0 Å². The molecule has 12 nitrogen and oxygen atoms in total. The van der Waals surface area contributed by atoms with Gasteiger partial charge in [-0.3, -0.25) is 14.3 Å². The fraction of sp³-hybridized carbons (Fsp3) is 0.577. The van der Waals surface area contributed by atoms with Crippen molar-refractivity contribution < 1.29 is 32.2 Å². The van der Waals surface area contributed by atoms with Crippen molar-refractivity contribution in [3.63, 3.8) is 0 Å². The van der Waals surface area contributed by atoms with Crippen LogP contribution in [0.5, 0.6) is 11.6 Å². The molecule has 41 heavy (non-hydrogen) atoms. The predicted octanol–water partition coefficient (Wildman–Crippen LogP) is 3.68. The Balaban J connectivity index is 1.35. The van der Waals surface area contributed by atoms with Gasteiger partial charge in [-0.2, -0.15) is 28.5 Å². The van der Waals surface area contributed by atoms with Gasteiger partial charge in [0.05, 0.1) is 19.3 Å². The van der Waals surface area contributed by atoms with E-state index in [0.29, 0.717) is 19.0 Å². The Bertz CT molecular complexity index is 1470. The van der Waals surface area contributed by atoms with E-state index in [1.54, 1.807) is 23.9 Å². The average molecular weight is 580 g/mol. The number of amides is 1. The third-order valence-corrected chi connectivity index (χ3v) is 7.51. The van der Waals surface area contributed by atoms with E-state index in [0.717, 1.165) is 47.2 Å². The summed E-state index contributed by atoms with van der Waals surface area (Å²) in [5.74, 6) is -1.30. The quantitative estimate of drug-likeness (QED) is 0.428. The predicted molar refractivity (Wildman–Crippen MR) is 138 cm³/mol. The van der Waals surface area contributed by atoms with E-state index < -0.39 is 34.7 Å². The van der Waals surface area contributed by atoms with Crippen molar-refractivity contribution in [3.05, 3.63) is 46.6 Å². The second-order valence-electron chi connectivity index (χ2n) is 11.0. The van der Waals surface area contributed by atoms with Crippen LogP contribution in [-0.4, -0.2) is 53.7 Å². The number of aryl methyl sites for hydroxylation is 1. The lowest BCUT2D eigenvalue weighted by atomic mass is 9.83. The Morgan fingerprint density at radius 1 is 1.22 bits per heavy atom. The van der Waals surface area contributed by atoms with Crippen LogP contribution in [0.3, 0.4) is 0 Å². The Labute approximate surface area is 233 Å². The van der Waals surface area contributed by atoms with Crippen LogP contribution in [0.15, 0.2) is 35.4 Å². The van der Waals surface area contributed by atoms with Crippen molar-refractivity contribution in [3.8, 4) is 11.6 Å². The van der Waals surface area contributed by atoms with Crippen molar-refractivity contribution in [1.82, 2.24) is 29.3 Å². The van der Waals surface area contributed by atoms with Crippen LogP contribution in [0, 0.1) is 5.92 Å². The van der Waals surface area contributed by atoms with Crippen molar-refractivity contribution in [2.75, 3.05) is 11.9 Å². The molecule has 4 heterocycles. The van der Waals surface area contributed by atoms with Gasteiger partial charge in [0.2, 0.25) is 5.88 Å². The molecular formula is C26H32F3N7O5. The molecule has 1 aliphatic carbocycles. The van der Waals surface area contributed by atoms with E-state index in [4.69, 9.17) is 14.2 Å². The van der Waals surface area contributed by atoms with Gasteiger partial charge in [-0.25, -0.2) is 9.36 Å². The minimum absolute atomic E-state index is 0.0859. The third kappa shape index (κ3) is 6.00. The molecule has 1 saturated heterocycles. The maximum absolute atomic E-state index is 13.8. The molecule has 1 unspecified atom stereocenters. The summed E-state index contributed by atoms with van der Waals surface area (Å²) < 4.78 is 59.6. The third-order valence-electron chi connectivity index (χ3n) is 7.51. The highest BCUT2D eigenvalue weighted by molar-refractivity contribution is 5.95. The highest BCUT2D eigenvalue weighted by atomic mass is 19.4. The number of rotatable bonds is 8. The summed E-state index contributed by atoms with van der Waals surface area (Å²) in [6, 6.07) is 3.48. The van der Waals surface area contributed by atoms with Crippen LogP contribution in [-0.2, 0) is 39.6 Å². The van der Waals surface area contributed by atoms with E-state index >= 15 is 0 Å². The molecule has 1 amide bonds. The number of anilines is 1. The number of halogens is 3. The lowest BCUT2D eigenvalue weighted by molar-refractivity contribution is -0.141. The molecule has 2 atom stereocenters. The van der Waals surface area contributed by atoms with Gasteiger partial charge in [-0.15, -0.1) is 0 Å². The molecule has 0 bridgehead atoms. The highest BCUT2D eigenvalue weighted by Crippen LogP contribution is 2.39. The van der Waals surface area contributed by atoms with E-state index in [1.165, 1.54) is 13.2 Å². The smallest absolute Gasteiger partial charge is 0.435 e. The van der Waals surface area contributed by atoms with E-state index in [2.05, 4.69) is 20.6 Å². The standard InChI is InChI=1S/C26H32F3N7O5/c1-24(2)39-15-18(41-24)14-35-10-9-20(33-35)31-23(38)25(3,16-7-5-6-8-16)36-21(37)11-17(13-30-36)40-22-12-19(26(27,28)29)32-34(22)4/h9-13,16,18H,5-8,14-15H2,1-4H3,(H,31,33,38)/t18-,25?/m1/s1. The van der Waals surface area contributed by atoms with Gasteiger partial charge >= 0.3 is 6.18 Å². The number of nitrogens with one attached hydrogen (secondary N) is 1. The number of hydrogen-bond donors (Lipinski definition) is 1. The summed E-state index contributed by atoms with van der Waals surface area (Å²) in [6.07, 6.45) is 1.32. The average Bonchev–Trinajstić information content (AvgIpc) is 3.68. The van der Waals surface area contributed by atoms with Crippen molar-refractivity contribution in [2.24, 2.45) is 13.0 Å². The lowest BCUT2D eigenvalue weighted by Crippen LogP contribution is -2.53. The first-order chi connectivity index (χ1) is 19.2. The van der Waals surface area contributed by atoms with Gasteiger partial charge in [0, 0.05) is 31.4 Å². The first-order valence-electron chi connectivity index (χ1n) is 13.3. The number of ether oxygens (including phenoxy) is 3. The van der Waals surface area contributed by atoms with Gasteiger partial charge < -0.3 is 19.5 Å². The first-order valence-corrected chi connectivity index (χ1v) is 13.3. The maximum atomic E-state index is 13.8. The molecule has 3 aromatic rings. The Morgan fingerprint density at radius 2 is 1.95 bits per heavy atom. The molecule has 0 aromatic carbocycles. The molecule has 1 saturated carbocycles. The monoisotopic (exact) mass is 579 g/mol. The second-order valence-corrected chi connectivity index (χ2v) is 11.0. The lowest BCUT2D eigenvalue weighted by Gasteiger charge is -2.34. The van der Waals surface area contributed by atoms with Gasteiger partial charge in [0.25, 0.3) is 11.5 Å². The van der Waals surface area contributed by atoms with Crippen molar-refractivity contribution in [1.29, 1.82) is 0 Å². The van der Waals surface area contributed by atoms with Crippen LogP contribution in [0.25, 0.3) is 0 Å². The molecule has 3 aromatic heterocycles. The first kappa shape index (κ1) is 28.8. The molecule has 2 aliphatic rings. The summed E-state index contributed by atoms with van der Waals surface area (Å²) in [7, 11) is 1.29. The van der Waals surface area contributed by atoms with Crippen LogP contribution >= 0.6 is 0 Å². The molecule has 0 spiro atoms. The Hall–Kier alpha value is -3.72. The van der Waals surface area contributed by atoms with Crippen LogP contribution < -0.4 is 15.6 Å². The number of nitrogens with zero attached hydrogens (tertiary/aromatic N) is 6. The topological polar surface area (TPSA) is 127 Å². The largest absolute Gasteiger partial charge is 0.437 e. The van der Waals surface area contributed by atoms with E-state index in [-0.39, 0.29) is 23.7 Å². The number of aromatic nitrogens is 6. The maximum Gasteiger partial charge on any atom is 0.435 e. The van der Waals surface area contributed by atoms with Gasteiger partial charge in [0.1, 0.15) is 11.6 Å². The van der Waals surface area contributed by atoms with Crippen molar-refractivity contribution >= 4 is 11.7 Å². The normalized spacial score (nSPS) is 20.7. The van der Waals surface area contributed by atoms with E-state index in [1.807, 2.05) is 13.8 Å². The number of alkyl halides is 3. The summed E-state index contributed by atoms with van der Waals surface area (Å²) >= 11 is 0. The molecular weight excluding hydrogens is 547 g/mol. The summed E-state index contributed by atoms with van der Waals surface area (Å²) in [4.78, 5) is 27.1. The molecule has 222 valence electrons. The Morgan fingerprint density at radius 3 is 2.56 bits per heavy atom. The Kier molecular flexibility index (Phi) is 7.44. The van der Waals surface area contributed by atoms with Crippen molar-refractivity contribution in [2.45, 2.75) is 76.6 Å². The molecule has 1 aliphatic heterocycles. The molecule has 5 rings (SSSR count). The minimum Gasteiger partial charge on any atom is -0.437 e. The molecule has 15 heteroatoms. The van der Waals surface area contributed by atoms with Gasteiger partial charge in [-0.05, 0) is 39.5 Å². The number of carbonyl (C=O) groups excluding carboxylic acids is 1. The highest BCUT2D eigenvalue weighted by Gasteiger charge is 2.46. The fourth-order valence-corrected chi connectivity index (χ4v) is 5.38. The van der Waals surface area contributed by atoms with Crippen LogP contribution in [0.4, 0.5) is 19.0 Å².